The fourth-order valence-electron chi connectivity index (χ4n) is 3.45. The van der Waals surface area contributed by atoms with Crippen molar-refractivity contribution in [2.75, 3.05) is 38.0 Å². The molecule has 2 aromatic carbocycles. The lowest BCUT2D eigenvalue weighted by molar-refractivity contribution is -0.117. The molecule has 1 fully saturated rings. The second-order valence-corrected chi connectivity index (χ2v) is 8.88. The zero-order valence-electron chi connectivity index (χ0n) is 16.4. The second kappa shape index (κ2) is 9.90. The van der Waals surface area contributed by atoms with E-state index in [0.29, 0.717) is 21.7 Å². The Labute approximate surface area is 190 Å². The Morgan fingerprint density at radius 3 is 2.33 bits per heavy atom. The third kappa shape index (κ3) is 5.39. The van der Waals surface area contributed by atoms with E-state index in [2.05, 4.69) is 20.1 Å². The molecule has 3 aromatic rings. The van der Waals surface area contributed by atoms with Crippen LogP contribution in [0.2, 0.25) is 10.0 Å². The molecule has 156 valence electrons. The summed E-state index contributed by atoms with van der Waals surface area (Å²) in [6.45, 7) is 4.46. The van der Waals surface area contributed by atoms with Gasteiger partial charge in [0.1, 0.15) is 0 Å². The summed E-state index contributed by atoms with van der Waals surface area (Å²) in [7, 11) is 0. The largest absolute Gasteiger partial charge is 0.301 e. The fourth-order valence-corrected chi connectivity index (χ4v) is 4.70. The first-order valence-corrected chi connectivity index (χ1v) is 11.4. The number of amides is 1. The molecule has 2 heterocycles. The predicted octanol–water partition coefficient (Wildman–Crippen LogP) is 4.87. The SMILES string of the molecule is O=C(CN1CCN(Cc2c(Cl)cccc2Cl)CC1)Nc1nc(-c2ccccc2)cs1. The highest BCUT2D eigenvalue weighted by Crippen LogP contribution is 2.26. The van der Waals surface area contributed by atoms with Gasteiger partial charge in [-0.25, -0.2) is 4.98 Å². The number of anilines is 1. The van der Waals surface area contributed by atoms with E-state index >= 15 is 0 Å². The average Bonchev–Trinajstić information content (AvgIpc) is 3.21. The molecule has 1 amide bonds. The Balaban J connectivity index is 1.25. The smallest absolute Gasteiger partial charge is 0.240 e. The van der Waals surface area contributed by atoms with Crippen LogP contribution in [0.3, 0.4) is 0 Å². The van der Waals surface area contributed by atoms with Crippen LogP contribution in [-0.4, -0.2) is 53.4 Å². The van der Waals surface area contributed by atoms with Gasteiger partial charge < -0.3 is 5.32 Å². The summed E-state index contributed by atoms with van der Waals surface area (Å²) in [5, 5.41) is 6.91. The maximum absolute atomic E-state index is 12.5. The number of thiazole rings is 1. The van der Waals surface area contributed by atoms with Gasteiger partial charge in [0.15, 0.2) is 5.13 Å². The van der Waals surface area contributed by atoms with Crippen LogP contribution in [0.1, 0.15) is 5.56 Å². The number of nitrogens with zero attached hydrogens (tertiary/aromatic N) is 3. The van der Waals surface area contributed by atoms with Gasteiger partial charge in [-0.2, -0.15) is 0 Å². The van der Waals surface area contributed by atoms with E-state index in [1.165, 1.54) is 11.3 Å². The lowest BCUT2D eigenvalue weighted by Gasteiger charge is -2.34. The second-order valence-electron chi connectivity index (χ2n) is 7.20. The zero-order chi connectivity index (χ0) is 20.9. The van der Waals surface area contributed by atoms with Gasteiger partial charge in [0.2, 0.25) is 5.91 Å². The number of aromatic nitrogens is 1. The van der Waals surface area contributed by atoms with Crippen molar-refractivity contribution in [3.63, 3.8) is 0 Å². The predicted molar refractivity (Wildman–Crippen MR) is 124 cm³/mol. The molecule has 0 saturated carbocycles. The number of rotatable bonds is 6. The first kappa shape index (κ1) is 21.3. The fraction of sp³-hybridized carbons (Fsp3) is 0.273. The van der Waals surface area contributed by atoms with Crippen molar-refractivity contribution in [3.05, 3.63) is 69.5 Å². The summed E-state index contributed by atoms with van der Waals surface area (Å²) in [4.78, 5) is 21.4. The minimum atomic E-state index is -0.0356. The third-order valence-corrected chi connectivity index (χ3v) is 6.56. The number of nitrogens with one attached hydrogen (secondary N) is 1. The molecule has 1 aliphatic rings. The molecule has 0 aliphatic carbocycles. The number of piperazine rings is 1. The van der Waals surface area contributed by atoms with Crippen LogP contribution in [0, 0.1) is 0 Å². The molecule has 5 nitrogen and oxygen atoms in total. The van der Waals surface area contributed by atoms with Crippen LogP contribution < -0.4 is 5.32 Å². The van der Waals surface area contributed by atoms with Gasteiger partial charge in [-0.15, -0.1) is 11.3 Å². The first-order chi connectivity index (χ1) is 14.6. The maximum Gasteiger partial charge on any atom is 0.240 e. The minimum Gasteiger partial charge on any atom is -0.301 e. The van der Waals surface area contributed by atoms with Crippen molar-refractivity contribution in [1.29, 1.82) is 0 Å². The quantitative estimate of drug-likeness (QED) is 0.569. The van der Waals surface area contributed by atoms with Gasteiger partial charge in [-0.1, -0.05) is 59.6 Å². The summed E-state index contributed by atoms with van der Waals surface area (Å²) >= 11 is 14.0. The summed E-state index contributed by atoms with van der Waals surface area (Å²) in [5.41, 5.74) is 2.89. The van der Waals surface area contributed by atoms with Gasteiger partial charge in [0, 0.05) is 59.3 Å². The molecule has 1 aliphatic heterocycles. The molecule has 0 spiro atoms. The number of carbonyl (C=O) groups is 1. The van der Waals surface area contributed by atoms with Crippen LogP contribution in [0.15, 0.2) is 53.9 Å². The van der Waals surface area contributed by atoms with Crippen LogP contribution >= 0.6 is 34.5 Å². The number of benzene rings is 2. The molecule has 0 unspecified atom stereocenters. The molecule has 4 rings (SSSR count). The molecular weight excluding hydrogens is 439 g/mol. The zero-order valence-corrected chi connectivity index (χ0v) is 18.7. The van der Waals surface area contributed by atoms with Crippen LogP contribution in [-0.2, 0) is 11.3 Å². The van der Waals surface area contributed by atoms with Crippen LogP contribution in [0.5, 0.6) is 0 Å². The summed E-state index contributed by atoms with van der Waals surface area (Å²) in [5.74, 6) is -0.0356. The Morgan fingerprint density at radius 1 is 0.967 bits per heavy atom. The highest BCUT2D eigenvalue weighted by Gasteiger charge is 2.21. The van der Waals surface area contributed by atoms with E-state index in [9.17, 15) is 4.79 Å². The molecule has 0 bridgehead atoms. The molecule has 8 heteroatoms. The Hall–Kier alpha value is -1.96. The number of carbonyl (C=O) groups excluding carboxylic acids is 1. The van der Waals surface area contributed by atoms with Crippen molar-refractivity contribution in [3.8, 4) is 11.3 Å². The molecule has 1 aromatic heterocycles. The van der Waals surface area contributed by atoms with Gasteiger partial charge in [0.05, 0.1) is 12.2 Å². The normalized spacial score (nSPS) is 15.3. The highest BCUT2D eigenvalue weighted by molar-refractivity contribution is 7.14. The van der Waals surface area contributed by atoms with E-state index in [4.69, 9.17) is 23.2 Å². The molecule has 1 saturated heterocycles. The van der Waals surface area contributed by atoms with Crippen molar-refractivity contribution >= 4 is 45.6 Å². The average molecular weight is 461 g/mol. The molecular formula is C22H22Cl2N4OS. The van der Waals surface area contributed by atoms with Gasteiger partial charge in [-0.05, 0) is 12.1 Å². The van der Waals surface area contributed by atoms with Crippen molar-refractivity contribution in [2.24, 2.45) is 0 Å². The van der Waals surface area contributed by atoms with E-state index in [0.717, 1.165) is 49.5 Å². The number of hydrogen-bond acceptors (Lipinski definition) is 5. The standard InChI is InChI=1S/C22H22Cl2N4OS/c23-18-7-4-8-19(24)17(18)13-27-9-11-28(12-10-27)14-21(29)26-22-25-20(15-30-22)16-5-2-1-3-6-16/h1-8,15H,9-14H2,(H,25,26,29). The summed E-state index contributed by atoms with van der Waals surface area (Å²) in [6.07, 6.45) is 0. The number of halogens is 2. The minimum absolute atomic E-state index is 0.0356. The lowest BCUT2D eigenvalue weighted by atomic mass is 10.2. The maximum atomic E-state index is 12.5. The van der Waals surface area contributed by atoms with Crippen LogP contribution in [0.25, 0.3) is 11.3 Å². The van der Waals surface area contributed by atoms with E-state index in [1.807, 2.05) is 53.9 Å². The van der Waals surface area contributed by atoms with Gasteiger partial charge in [-0.3, -0.25) is 14.6 Å². The molecule has 1 N–H and O–H groups in total. The summed E-state index contributed by atoms with van der Waals surface area (Å²) < 4.78 is 0. The van der Waals surface area contributed by atoms with Gasteiger partial charge >= 0.3 is 0 Å². The lowest BCUT2D eigenvalue weighted by Crippen LogP contribution is -2.48. The third-order valence-electron chi connectivity index (χ3n) is 5.10. The molecule has 30 heavy (non-hydrogen) atoms. The highest BCUT2D eigenvalue weighted by atomic mass is 35.5. The Morgan fingerprint density at radius 2 is 1.63 bits per heavy atom. The van der Waals surface area contributed by atoms with Crippen molar-refractivity contribution < 1.29 is 4.79 Å². The van der Waals surface area contributed by atoms with Crippen molar-refractivity contribution in [1.82, 2.24) is 14.8 Å². The number of hydrogen-bond donors (Lipinski definition) is 1. The Bertz CT molecular complexity index is 983. The first-order valence-electron chi connectivity index (χ1n) is 9.77. The summed E-state index contributed by atoms with van der Waals surface area (Å²) in [6, 6.07) is 15.5. The Kier molecular flexibility index (Phi) is 7.02. The topological polar surface area (TPSA) is 48.5 Å². The monoisotopic (exact) mass is 460 g/mol. The van der Waals surface area contributed by atoms with E-state index < -0.39 is 0 Å². The molecule has 0 radical (unpaired) electrons. The van der Waals surface area contributed by atoms with Crippen LogP contribution in [0.4, 0.5) is 5.13 Å². The van der Waals surface area contributed by atoms with Gasteiger partial charge in [0.25, 0.3) is 0 Å². The van der Waals surface area contributed by atoms with E-state index in [1.54, 1.807) is 0 Å². The van der Waals surface area contributed by atoms with Crippen molar-refractivity contribution in [2.45, 2.75) is 6.54 Å². The molecule has 0 atom stereocenters. The van der Waals surface area contributed by atoms with E-state index in [-0.39, 0.29) is 5.91 Å².